The van der Waals surface area contributed by atoms with Crippen molar-refractivity contribution in [3.63, 3.8) is 0 Å². The number of thioether (sulfide) groups is 1. The Kier molecular flexibility index (Phi) is 35.0. The lowest BCUT2D eigenvalue weighted by Gasteiger charge is -2.44. The van der Waals surface area contributed by atoms with E-state index in [0.29, 0.717) is 12.8 Å². The molecule has 5 unspecified atom stereocenters. The van der Waals surface area contributed by atoms with Crippen LogP contribution >= 0.6 is 35.2 Å². The van der Waals surface area contributed by atoms with Crippen LogP contribution < -0.4 is 0 Å². The number of aliphatic hydroxyl groups excluding tert-OH is 4. The lowest BCUT2D eigenvalue weighted by atomic mass is 9.85. The molecule has 0 aliphatic heterocycles. The second-order valence-corrected chi connectivity index (χ2v) is 18.8. The molecule has 1 rings (SSSR count). The molecule has 0 amide bonds. The van der Waals surface area contributed by atoms with E-state index in [1.807, 2.05) is 6.92 Å². The molecule has 0 aromatic rings. The van der Waals surface area contributed by atoms with Gasteiger partial charge in [0, 0.05) is 37.4 Å². The van der Waals surface area contributed by atoms with E-state index >= 15 is 0 Å². The summed E-state index contributed by atoms with van der Waals surface area (Å²) in [5, 5.41) is 42.9. The zero-order chi connectivity index (χ0) is 49.2. The number of hydrogen-bond donors (Lipinski definition) is 9. The van der Waals surface area contributed by atoms with E-state index in [-0.39, 0.29) is 24.4 Å². The number of esters is 1. The fourth-order valence-electron chi connectivity index (χ4n) is 5.67. The van der Waals surface area contributed by atoms with Crippen LogP contribution in [0.2, 0.25) is 0 Å². The van der Waals surface area contributed by atoms with Crippen LogP contribution in [0.3, 0.4) is 0 Å². The van der Waals surface area contributed by atoms with Crippen molar-refractivity contribution in [3.8, 4) is 58.5 Å². The van der Waals surface area contributed by atoms with Gasteiger partial charge in [0.05, 0.1) is 13.2 Å². The fraction of sp³-hybridized carbons (Fsp3) is 0.707. The van der Waals surface area contributed by atoms with Gasteiger partial charge < -0.3 is 54.4 Å². The van der Waals surface area contributed by atoms with Crippen LogP contribution in [0, 0.1) is 58.5 Å². The number of phosphoric ester groups is 3. The van der Waals surface area contributed by atoms with Crippen LogP contribution in [-0.4, -0.2) is 119 Å². The summed E-state index contributed by atoms with van der Waals surface area (Å²) in [7, 11) is -16.4. The maximum Gasteiger partial charge on any atom is 0.472 e. The third kappa shape index (κ3) is 33.5. The summed E-state index contributed by atoms with van der Waals surface area (Å²) >= 11 is 0.979. The summed E-state index contributed by atoms with van der Waals surface area (Å²) < 4.78 is 63.4. The van der Waals surface area contributed by atoms with Gasteiger partial charge in [0.25, 0.3) is 0 Å². The predicted molar refractivity (Wildman–Crippen MR) is 257 cm³/mol. The molecule has 1 aliphatic rings. The van der Waals surface area contributed by atoms with Gasteiger partial charge in [-0.15, -0.1) is 0 Å². The van der Waals surface area contributed by atoms with Crippen molar-refractivity contribution in [2.45, 2.75) is 166 Å². The van der Waals surface area contributed by atoms with Crippen molar-refractivity contribution < 1.29 is 109 Å². The van der Waals surface area contributed by atoms with Gasteiger partial charge >= 0.3 is 29.4 Å². The normalized spacial score (nSPS) is 20.4. The van der Waals surface area contributed by atoms with E-state index in [2.05, 4.69) is 74.5 Å². The van der Waals surface area contributed by atoms with Crippen molar-refractivity contribution in [2.75, 3.05) is 20.0 Å². The number of carbonyl (C=O) groups excluding carboxylic acids is 2. The van der Waals surface area contributed by atoms with E-state index in [4.69, 9.17) is 43.2 Å². The molecule has 0 saturated heterocycles. The molecule has 0 bridgehead atoms. The number of aliphatic hydroxyl groups is 4. The Hall–Kier alpha value is -2.58. The van der Waals surface area contributed by atoms with Crippen LogP contribution in [-0.2, 0) is 50.9 Å². The Balaban J connectivity index is -0.000000170. The maximum atomic E-state index is 12.7. The SMILES string of the molecule is CC#CC#CC#CC#CC#CSC(=O)CCC.CCCCCCCCCCCCCCCC(=O)O[C@H](COCO)COP(=O)(O)OC1C(O)[C@H](OP(=O)(O)O)C(O)C(OP(=O)(O)O)[C@@H]1O.[HH].[HH].[HH].[HH].[HH].[HH].[HH].[HH].[HH]. The molecule has 0 radical (unpaired) electrons. The van der Waals surface area contributed by atoms with Gasteiger partial charge in [-0.25, -0.2) is 13.7 Å². The van der Waals surface area contributed by atoms with Gasteiger partial charge in [-0.2, -0.15) is 0 Å². The van der Waals surface area contributed by atoms with Crippen LogP contribution in [0.4, 0.5) is 0 Å². The monoisotopic (exact) mass is 1020 g/mol. The largest absolute Gasteiger partial charge is 0.472 e. The number of hydrogen-bond acceptors (Lipinski definition) is 16. The van der Waals surface area contributed by atoms with Crippen LogP contribution in [0.25, 0.3) is 0 Å². The van der Waals surface area contributed by atoms with Crippen molar-refractivity contribution in [1.82, 2.24) is 0 Å². The number of phosphoric acid groups is 3. The molecule has 0 heterocycles. The minimum Gasteiger partial charge on any atom is -0.457 e. The molecule has 1 aliphatic carbocycles. The van der Waals surface area contributed by atoms with Gasteiger partial charge in [-0.05, 0) is 72.4 Å². The summed E-state index contributed by atoms with van der Waals surface area (Å²) in [6.45, 7) is 3.67. The number of unbranched alkanes of at least 4 members (excludes halogenated alkanes) is 12. The smallest absolute Gasteiger partial charge is 0.457 e. The topological polar surface area (TPSA) is 323 Å². The van der Waals surface area contributed by atoms with Crippen molar-refractivity contribution >= 4 is 46.3 Å². The Labute approximate surface area is 399 Å². The fourth-order valence-corrected chi connectivity index (χ4v) is 8.29. The number of carbonyl (C=O) groups is 2. The van der Waals surface area contributed by atoms with E-state index in [1.54, 1.807) is 6.92 Å². The lowest BCUT2D eigenvalue weighted by Crippen LogP contribution is -2.65. The third-order valence-corrected chi connectivity index (χ3v) is 11.3. The lowest BCUT2D eigenvalue weighted by molar-refractivity contribution is -0.213. The van der Waals surface area contributed by atoms with Gasteiger partial charge in [0.1, 0.15) is 49.5 Å². The number of ether oxygens (including phenoxy) is 2. The first kappa shape index (κ1) is 62.4. The molecule has 65 heavy (non-hydrogen) atoms. The quantitative estimate of drug-likeness (QED) is 0.0133. The van der Waals surface area contributed by atoms with Crippen LogP contribution in [0.1, 0.15) is 136 Å². The highest BCUT2D eigenvalue weighted by molar-refractivity contribution is 8.17. The second-order valence-electron chi connectivity index (χ2n) is 14.1. The van der Waals surface area contributed by atoms with Gasteiger partial charge in [0.2, 0.25) is 5.12 Å². The molecule has 386 valence electrons. The van der Waals surface area contributed by atoms with Crippen molar-refractivity contribution in [2.24, 2.45) is 0 Å². The van der Waals surface area contributed by atoms with E-state index in [9.17, 15) is 43.5 Å². The Morgan fingerprint density at radius 2 is 1.03 bits per heavy atom. The van der Waals surface area contributed by atoms with E-state index in [1.165, 1.54) is 51.4 Å². The highest BCUT2D eigenvalue weighted by atomic mass is 32.2. The summed E-state index contributed by atoms with van der Waals surface area (Å²) in [5.74, 6) is 22.1. The average Bonchev–Trinajstić information content (AvgIpc) is 3.23. The first-order chi connectivity index (χ1) is 30.7. The predicted octanol–water partition coefficient (Wildman–Crippen LogP) is 6.15. The molecule has 0 spiro atoms. The molecule has 1 fully saturated rings. The summed E-state index contributed by atoms with van der Waals surface area (Å²) in [6, 6.07) is 0. The molecular formula is C41H81O20P3S. The maximum absolute atomic E-state index is 12.7. The summed E-state index contributed by atoms with van der Waals surface area (Å²) in [5.41, 5.74) is 0. The van der Waals surface area contributed by atoms with Crippen molar-refractivity contribution in [3.05, 3.63) is 0 Å². The van der Waals surface area contributed by atoms with Crippen molar-refractivity contribution in [1.29, 1.82) is 0 Å². The third-order valence-electron chi connectivity index (χ3n) is 8.63. The molecule has 20 nitrogen and oxygen atoms in total. The average molecular weight is 1020 g/mol. The van der Waals surface area contributed by atoms with Gasteiger partial charge in [-0.3, -0.25) is 27.7 Å². The highest BCUT2D eigenvalue weighted by Crippen LogP contribution is 2.51. The van der Waals surface area contributed by atoms with E-state index in [0.717, 1.165) is 43.9 Å². The molecule has 0 aromatic carbocycles. The number of rotatable bonds is 29. The zero-order valence-electron chi connectivity index (χ0n) is 36.7. The highest BCUT2D eigenvalue weighted by Gasteiger charge is 2.56. The molecule has 9 N–H and O–H groups in total. The summed E-state index contributed by atoms with van der Waals surface area (Å²) in [6.07, 6.45) is -0.360. The molecule has 1 saturated carbocycles. The first-order valence-electron chi connectivity index (χ1n) is 20.9. The Morgan fingerprint density at radius 1 is 0.600 bits per heavy atom. The van der Waals surface area contributed by atoms with Gasteiger partial charge in [-0.1, -0.05) is 96.8 Å². The Morgan fingerprint density at radius 3 is 1.46 bits per heavy atom. The molecular weight excluding hydrogens is 937 g/mol. The Bertz CT molecular complexity index is 1870. The summed E-state index contributed by atoms with van der Waals surface area (Å²) in [4.78, 5) is 70.1. The minimum absolute atomic E-state index is 0. The standard InChI is InChI=1S/C26H53O19P3.C15H10OS.9H2/c1-2-3-4-5-6-7-8-9-10-11-12-13-14-15-20(28)42-19(16-40-18-27)17-41-48(38,39)45-26-22(30)24(43-46(32,33)34)21(29)25(23(26)31)44-47(35,36)37;1-3-5-6-7-8-9-10-11-12-14-17-15(16)13-4-2;;;;;;;;;/h19,21-27,29-31H,2-18H2,1H3,(H,38,39)(H2,32,33,34)(H2,35,36,37);4,13H2,1-2H3;9*1H/t19-,21?,22+,23?,24?,25-,26?;;;;;;;;;;/m1........../s1. The van der Waals surface area contributed by atoms with Gasteiger partial charge in [0.15, 0.2) is 0 Å². The molecule has 8 atom stereocenters. The van der Waals surface area contributed by atoms with Crippen LogP contribution in [0.15, 0.2) is 0 Å². The zero-order valence-corrected chi connectivity index (χ0v) is 40.2. The second kappa shape index (κ2) is 36.5. The molecule has 24 heteroatoms. The van der Waals surface area contributed by atoms with Crippen LogP contribution in [0.5, 0.6) is 0 Å². The van der Waals surface area contributed by atoms with E-state index < -0.39 is 92.2 Å². The molecule has 0 aromatic heterocycles. The minimum atomic E-state index is -5.51. The first-order valence-corrected chi connectivity index (χ1v) is 26.3.